The molecule has 0 aromatic carbocycles. The summed E-state index contributed by atoms with van der Waals surface area (Å²) in [5, 5.41) is 0. The molecular weight excluding hydrogens is 564 g/mol. The van der Waals surface area contributed by atoms with Gasteiger partial charge < -0.3 is 0 Å². The number of hydrogen-bond donors (Lipinski definition) is 1. The highest BCUT2D eigenvalue weighted by Gasteiger charge is 2.13. The van der Waals surface area contributed by atoms with E-state index >= 15 is 0 Å². The first-order chi connectivity index (χ1) is 21.5. The van der Waals surface area contributed by atoms with E-state index in [1.165, 1.54) is 199 Å². The molecule has 0 aromatic rings. The quantitative estimate of drug-likeness (QED) is 0.0536. The molecule has 0 aliphatic heterocycles. The Balaban J connectivity index is 3.61. The lowest BCUT2D eigenvalue weighted by Gasteiger charge is -2.16. The molecule has 0 bridgehead atoms. The van der Waals surface area contributed by atoms with E-state index in [0.29, 0.717) is 0 Å². The van der Waals surface area contributed by atoms with Crippen molar-refractivity contribution in [3.63, 3.8) is 0 Å². The molecule has 44 heavy (non-hydrogen) atoms. The van der Waals surface area contributed by atoms with Crippen molar-refractivity contribution in [1.29, 1.82) is 0 Å². The van der Waals surface area contributed by atoms with Gasteiger partial charge in [0.1, 0.15) is 0 Å². The second-order valence-electron chi connectivity index (χ2n) is 14.1. The van der Waals surface area contributed by atoms with Gasteiger partial charge in [-0.3, -0.25) is 4.55 Å². The highest BCUT2D eigenvalue weighted by molar-refractivity contribution is 7.80. The molecule has 0 radical (unpaired) electrons. The highest BCUT2D eigenvalue weighted by atomic mass is 32.3. The Morgan fingerprint density at radius 2 is 0.591 bits per heavy atom. The van der Waals surface area contributed by atoms with Crippen molar-refractivity contribution in [3.8, 4) is 0 Å². The van der Waals surface area contributed by atoms with E-state index in [0.717, 1.165) is 25.7 Å². The summed E-state index contributed by atoms with van der Waals surface area (Å²) >= 11 is 0. The molecular formula is C39H80O4S. The van der Waals surface area contributed by atoms with Gasteiger partial charge in [0, 0.05) is 0 Å². The van der Waals surface area contributed by atoms with E-state index in [9.17, 15) is 8.42 Å². The molecule has 1 atom stereocenters. The molecule has 0 aliphatic rings. The molecule has 0 aliphatic carbocycles. The SMILES string of the molecule is CCCCCCCCCCCCCCCCCCCCCCC(CCCCCCCCCCCCCCC)COS(=O)(=O)O. The third-order valence-corrected chi connectivity index (χ3v) is 10.1. The maximum Gasteiger partial charge on any atom is 0.397 e. The van der Waals surface area contributed by atoms with E-state index in [1.807, 2.05) is 0 Å². The minimum absolute atomic E-state index is 0.135. The molecule has 0 heterocycles. The van der Waals surface area contributed by atoms with Crippen LogP contribution in [0.1, 0.15) is 239 Å². The van der Waals surface area contributed by atoms with Gasteiger partial charge in [-0.05, 0) is 18.8 Å². The van der Waals surface area contributed by atoms with Crippen LogP contribution in [-0.2, 0) is 14.6 Å². The van der Waals surface area contributed by atoms with Gasteiger partial charge in [0.2, 0.25) is 0 Å². The van der Waals surface area contributed by atoms with Crippen LogP contribution in [-0.4, -0.2) is 19.6 Å². The van der Waals surface area contributed by atoms with Crippen LogP contribution in [0.25, 0.3) is 0 Å². The number of hydrogen-bond acceptors (Lipinski definition) is 3. The fourth-order valence-corrected chi connectivity index (χ4v) is 7.00. The first-order valence-corrected chi connectivity index (χ1v) is 21.5. The molecule has 5 heteroatoms. The van der Waals surface area contributed by atoms with E-state index < -0.39 is 10.4 Å². The number of unbranched alkanes of at least 4 members (excludes halogenated alkanes) is 31. The largest absolute Gasteiger partial charge is 0.397 e. The number of rotatable bonds is 38. The fourth-order valence-electron chi connectivity index (χ4n) is 6.63. The summed E-state index contributed by atoms with van der Waals surface area (Å²) in [6.45, 7) is 4.70. The predicted molar refractivity (Wildman–Crippen MR) is 194 cm³/mol. The van der Waals surface area contributed by atoms with Gasteiger partial charge >= 0.3 is 10.4 Å². The predicted octanol–water partition coefficient (Wildman–Crippen LogP) is 14.1. The Bertz CT molecular complexity index is 636. The Labute approximate surface area is 278 Å². The second kappa shape index (κ2) is 35.7. The van der Waals surface area contributed by atoms with E-state index in [4.69, 9.17) is 8.74 Å². The van der Waals surface area contributed by atoms with Crippen molar-refractivity contribution in [2.45, 2.75) is 239 Å². The van der Waals surface area contributed by atoms with Crippen molar-refractivity contribution >= 4 is 10.4 Å². The summed E-state index contributed by atoms with van der Waals surface area (Å²) in [6, 6.07) is 0. The lowest BCUT2D eigenvalue weighted by atomic mass is 9.94. The maximum absolute atomic E-state index is 11.1. The van der Waals surface area contributed by atoms with Gasteiger partial charge in [-0.1, -0.05) is 226 Å². The summed E-state index contributed by atoms with van der Waals surface area (Å²) < 4.78 is 36.0. The van der Waals surface area contributed by atoms with Gasteiger partial charge in [-0.25, -0.2) is 4.18 Å². The normalized spacial score (nSPS) is 12.7. The molecule has 0 saturated carbocycles. The van der Waals surface area contributed by atoms with Crippen LogP contribution in [0.15, 0.2) is 0 Å². The van der Waals surface area contributed by atoms with Crippen LogP contribution < -0.4 is 0 Å². The van der Waals surface area contributed by atoms with E-state index in [1.54, 1.807) is 0 Å². The highest BCUT2D eigenvalue weighted by Crippen LogP contribution is 2.21. The van der Waals surface area contributed by atoms with Gasteiger partial charge in [-0.15, -0.1) is 0 Å². The van der Waals surface area contributed by atoms with Gasteiger partial charge in [-0.2, -0.15) is 8.42 Å². The summed E-state index contributed by atoms with van der Waals surface area (Å²) in [7, 11) is -4.34. The van der Waals surface area contributed by atoms with Crippen LogP contribution in [0.3, 0.4) is 0 Å². The lowest BCUT2D eigenvalue weighted by molar-refractivity contribution is 0.204. The zero-order valence-electron chi connectivity index (χ0n) is 30.1. The molecule has 0 fully saturated rings. The van der Waals surface area contributed by atoms with Crippen molar-refractivity contribution in [2.75, 3.05) is 6.61 Å². The Morgan fingerprint density at radius 1 is 0.386 bits per heavy atom. The van der Waals surface area contributed by atoms with Crippen molar-refractivity contribution in [1.82, 2.24) is 0 Å². The van der Waals surface area contributed by atoms with E-state index in [-0.39, 0.29) is 12.5 Å². The summed E-state index contributed by atoms with van der Waals surface area (Å²) in [6.07, 6.45) is 47.1. The van der Waals surface area contributed by atoms with Crippen LogP contribution in [0.5, 0.6) is 0 Å². The Hall–Kier alpha value is -0.130. The molecule has 0 aromatic heterocycles. The average molecular weight is 645 g/mol. The van der Waals surface area contributed by atoms with Crippen molar-refractivity contribution < 1.29 is 17.2 Å². The Morgan fingerprint density at radius 3 is 0.795 bits per heavy atom. The molecule has 0 rings (SSSR count). The van der Waals surface area contributed by atoms with E-state index in [2.05, 4.69) is 13.8 Å². The molecule has 266 valence electrons. The minimum Gasteiger partial charge on any atom is -0.264 e. The van der Waals surface area contributed by atoms with Crippen LogP contribution >= 0.6 is 0 Å². The monoisotopic (exact) mass is 645 g/mol. The Kier molecular flexibility index (Phi) is 35.6. The van der Waals surface area contributed by atoms with Crippen molar-refractivity contribution in [3.05, 3.63) is 0 Å². The standard InChI is InChI=1S/C39H80O4S/c1-3-5-7-9-11-13-15-17-18-19-20-21-22-23-25-27-29-31-33-35-37-39(38-43-44(40,41)42)36-34-32-30-28-26-24-16-14-12-10-8-6-4-2/h39H,3-38H2,1-2H3,(H,40,41,42). The first-order valence-electron chi connectivity index (χ1n) is 20.1. The molecule has 4 nitrogen and oxygen atoms in total. The fraction of sp³-hybridized carbons (Fsp3) is 1.00. The molecule has 0 amide bonds. The second-order valence-corrected chi connectivity index (χ2v) is 15.2. The maximum atomic E-state index is 11.1. The summed E-state index contributed by atoms with van der Waals surface area (Å²) in [5.74, 6) is 0.236. The third-order valence-electron chi connectivity index (χ3n) is 9.63. The zero-order valence-corrected chi connectivity index (χ0v) is 30.9. The lowest BCUT2D eigenvalue weighted by Crippen LogP contribution is -2.14. The van der Waals surface area contributed by atoms with Crippen LogP contribution in [0.4, 0.5) is 0 Å². The smallest absolute Gasteiger partial charge is 0.264 e. The topological polar surface area (TPSA) is 63.6 Å². The molecule has 1 unspecified atom stereocenters. The van der Waals surface area contributed by atoms with Gasteiger partial charge in [0.15, 0.2) is 0 Å². The average Bonchev–Trinajstić information content (AvgIpc) is 3.00. The zero-order chi connectivity index (χ0) is 32.2. The third kappa shape index (κ3) is 38.1. The molecule has 0 spiro atoms. The molecule has 1 N–H and O–H groups in total. The summed E-state index contributed by atoms with van der Waals surface area (Å²) in [4.78, 5) is 0. The first kappa shape index (κ1) is 43.9. The summed E-state index contributed by atoms with van der Waals surface area (Å²) in [5.41, 5.74) is 0. The van der Waals surface area contributed by atoms with Crippen molar-refractivity contribution in [2.24, 2.45) is 5.92 Å². The minimum atomic E-state index is -4.34. The van der Waals surface area contributed by atoms with Crippen LogP contribution in [0.2, 0.25) is 0 Å². The molecule has 0 saturated heterocycles. The van der Waals surface area contributed by atoms with Gasteiger partial charge in [0.05, 0.1) is 6.61 Å². The van der Waals surface area contributed by atoms with Gasteiger partial charge in [0.25, 0.3) is 0 Å². The van der Waals surface area contributed by atoms with Crippen LogP contribution in [0, 0.1) is 5.92 Å².